The van der Waals surface area contributed by atoms with E-state index >= 15 is 0 Å². The highest BCUT2D eigenvalue weighted by atomic mass is 32.2. The average molecular weight is 491 g/mol. The summed E-state index contributed by atoms with van der Waals surface area (Å²) in [5.74, 6) is 1.48. The van der Waals surface area contributed by atoms with E-state index in [4.69, 9.17) is 5.73 Å². The van der Waals surface area contributed by atoms with Gasteiger partial charge in [0.15, 0.2) is 11.3 Å². The van der Waals surface area contributed by atoms with Crippen molar-refractivity contribution < 1.29 is 13.2 Å². The minimum atomic E-state index is -3.83. The maximum atomic E-state index is 13.4. The molecule has 35 heavy (non-hydrogen) atoms. The number of nitrogens with zero attached hydrogens (tertiary/aromatic N) is 5. The van der Waals surface area contributed by atoms with E-state index < -0.39 is 15.4 Å². The van der Waals surface area contributed by atoms with E-state index in [1.165, 1.54) is 3.97 Å². The Bertz CT molecular complexity index is 1620. The Morgan fingerprint density at radius 2 is 1.77 bits per heavy atom. The summed E-state index contributed by atoms with van der Waals surface area (Å²) in [5, 5.41) is 9.04. The molecule has 1 aromatic carbocycles. The Morgan fingerprint density at radius 3 is 2.46 bits per heavy atom. The molecule has 0 radical (unpaired) electrons. The zero-order valence-electron chi connectivity index (χ0n) is 19.4. The maximum absolute atomic E-state index is 13.4. The van der Waals surface area contributed by atoms with E-state index in [1.54, 1.807) is 42.7 Å². The van der Waals surface area contributed by atoms with Crippen molar-refractivity contribution in [2.24, 2.45) is 23.0 Å². The van der Waals surface area contributed by atoms with Gasteiger partial charge in [-0.25, -0.2) is 17.4 Å². The minimum Gasteiger partial charge on any atom is -0.369 e. The molecule has 2 N–H and O–H groups in total. The molecule has 4 fully saturated rings. The Hall–Kier alpha value is -3.27. The van der Waals surface area contributed by atoms with Crippen molar-refractivity contribution >= 4 is 32.7 Å². The van der Waals surface area contributed by atoms with Crippen LogP contribution in [0.4, 0.5) is 0 Å². The third-order valence-electron chi connectivity index (χ3n) is 8.67. The Morgan fingerprint density at radius 1 is 1.06 bits per heavy atom. The molecule has 0 spiro atoms. The summed E-state index contributed by atoms with van der Waals surface area (Å²) in [6.45, 7) is 1.92. The van der Waals surface area contributed by atoms with E-state index in [0.717, 1.165) is 43.5 Å². The molecular formula is C25H26N6O3S. The molecule has 0 aliphatic heterocycles. The first-order chi connectivity index (χ1) is 16.7. The number of carbonyl (C=O) groups is 1. The number of primary amides is 1. The van der Waals surface area contributed by atoms with Crippen LogP contribution in [-0.4, -0.2) is 37.9 Å². The number of hydrogen-bond donors (Lipinski definition) is 1. The molecule has 0 saturated heterocycles. The first-order valence-electron chi connectivity index (χ1n) is 12.0. The lowest BCUT2D eigenvalue weighted by atomic mass is 9.43. The number of fused-ring (bicyclic) bond motifs is 3. The van der Waals surface area contributed by atoms with Crippen LogP contribution in [0.2, 0.25) is 0 Å². The lowest BCUT2D eigenvalue weighted by Crippen LogP contribution is -2.58. The average Bonchev–Trinajstić information content (AvgIpc) is 3.43. The lowest BCUT2D eigenvalue weighted by Gasteiger charge is -2.60. The molecule has 9 nitrogen and oxygen atoms in total. The summed E-state index contributed by atoms with van der Waals surface area (Å²) in [6.07, 6.45) is 8.55. The van der Waals surface area contributed by atoms with Crippen molar-refractivity contribution in [3.05, 3.63) is 54.1 Å². The standard InChI is InChI=1S/C25H26N6O3S/c1-15-2-4-18(5-3-15)35(33,34)30-7-6-19-21(30)27-13-20-28-29-23(31(19)20)25-11-16-8-17(12-25)10-24(9-16,14-25)22(26)32/h2-7,13,16-17H,8-12,14H2,1H3,(H2,26,32)/t16-,17+,24?,25?. The van der Waals surface area contributed by atoms with Gasteiger partial charge in [-0.2, -0.15) is 0 Å². The largest absolute Gasteiger partial charge is 0.369 e. The van der Waals surface area contributed by atoms with E-state index in [1.807, 2.05) is 11.3 Å². The highest BCUT2D eigenvalue weighted by molar-refractivity contribution is 7.90. The summed E-state index contributed by atoms with van der Waals surface area (Å²) in [5.41, 5.74) is 7.70. The van der Waals surface area contributed by atoms with Gasteiger partial charge in [0.2, 0.25) is 5.91 Å². The van der Waals surface area contributed by atoms with E-state index in [2.05, 4.69) is 15.2 Å². The van der Waals surface area contributed by atoms with Gasteiger partial charge in [-0.05, 0) is 75.5 Å². The molecule has 1 amide bonds. The summed E-state index contributed by atoms with van der Waals surface area (Å²) in [4.78, 5) is 17.3. The van der Waals surface area contributed by atoms with Gasteiger partial charge in [0, 0.05) is 11.6 Å². The molecule has 4 aliphatic rings. The normalized spacial score (nSPS) is 29.9. The van der Waals surface area contributed by atoms with Gasteiger partial charge in [0.25, 0.3) is 10.0 Å². The lowest BCUT2D eigenvalue weighted by molar-refractivity contribution is -0.146. The van der Waals surface area contributed by atoms with Crippen LogP contribution < -0.4 is 5.73 Å². The second-order valence-electron chi connectivity index (χ2n) is 11.0. The smallest absolute Gasteiger partial charge is 0.269 e. The van der Waals surface area contributed by atoms with Crippen LogP contribution in [-0.2, 0) is 20.2 Å². The molecule has 3 aromatic heterocycles. The molecule has 10 heteroatoms. The van der Waals surface area contributed by atoms with Crippen molar-refractivity contribution in [1.82, 2.24) is 23.6 Å². The molecule has 4 bridgehead atoms. The molecule has 4 aliphatic carbocycles. The predicted molar refractivity (Wildman–Crippen MR) is 128 cm³/mol. The molecule has 4 aromatic rings. The van der Waals surface area contributed by atoms with E-state index in [-0.39, 0.29) is 16.2 Å². The first-order valence-corrected chi connectivity index (χ1v) is 13.5. The Labute approximate surface area is 202 Å². The van der Waals surface area contributed by atoms with Crippen molar-refractivity contribution in [3.63, 3.8) is 0 Å². The fraction of sp³-hybridized carbons (Fsp3) is 0.440. The van der Waals surface area contributed by atoms with Crippen molar-refractivity contribution in [2.45, 2.75) is 55.8 Å². The van der Waals surface area contributed by atoms with E-state index in [0.29, 0.717) is 35.1 Å². The highest BCUT2D eigenvalue weighted by Gasteiger charge is 2.62. The van der Waals surface area contributed by atoms with Gasteiger partial charge >= 0.3 is 0 Å². The quantitative estimate of drug-likeness (QED) is 0.469. The summed E-state index contributed by atoms with van der Waals surface area (Å²) in [7, 11) is -3.83. The molecule has 3 heterocycles. The third-order valence-corrected chi connectivity index (χ3v) is 10.4. The van der Waals surface area contributed by atoms with Crippen LogP contribution in [0.5, 0.6) is 0 Å². The highest BCUT2D eigenvalue weighted by Crippen LogP contribution is 2.65. The number of benzene rings is 1. The second-order valence-corrected chi connectivity index (χ2v) is 12.8. The topological polar surface area (TPSA) is 125 Å². The van der Waals surface area contributed by atoms with Crippen molar-refractivity contribution in [1.29, 1.82) is 0 Å². The number of rotatable bonds is 4. The zero-order valence-corrected chi connectivity index (χ0v) is 20.2. The molecule has 4 atom stereocenters. The molecule has 8 rings (SSSR count). The van der Waals surface area contributed by atoms with Gasteiger partial charge in [-0.1, -0.05) is 17.7 Å². The minimum absolute atomic E-state index is 0.202. The van der Waals surface area contributed by atoms with Gasteiger partial charge in [-0.3, -0.25) is 9.20 Å². The SMILES string of the molecule is Cc1ccc(S(=O)(=O)n2ccc3c2ncc2nnc(C45C[C@@H]6C[C@@H](CC(C(N)=O)(C6)C4)C5)n23)cc1. The van der Waals surface area contributed by atoms with Crippen LogP contribution in [0, 0.1) is 24.2 Å². The number of nitrogens with two attached hydrogens (primary N) is 1. The van der Waals surface area contributed by atoms with Crippen LogP contribution in [0.25, 0.3) is 16.8 Å². The molecule has 180 valence electrons. The zero-order chi connectivity index (χ0) is 24.2. The van der Waals surface area contributed by atoms with Crippen molar-refractivity contribution in [2.75, 3.05) is 0 Å². The fourth-order valence-electron chi connectivity index (χ4n) is 7.60. The van der Waals surface area contributed by atoms with Crippen LogP contribution >= 0.6 is 0 Å². The van der Waals surface area contributed by atoms with Crippen LogP contribution in [0.3, 0.4) is 0 Å². The van der Waals surface area contributed by atoms with Gasteiger partial charge in [0.05, 0.1) is 22.0 Å². The fourth-order valence-corrected chi connectivity index (χ4v) is 8.90. The van der Waals surface area contributed by atoms with Gasteiger partial charge in [-0.15, -0.1) is 10.2 Å². The summed E-state index contributed by atoms with van der Waals surface area (Å²) in [6, 6.07) is 8.54. The number of aromatic nitrogens is 5. The van der Waals surface area contributed by atoms with Crippen LogP contribution in [0.15, 0.2) is 47.6 Å². The molecular weight excluding hydrogens is 464 g/mol. The number of carbonyl (C=O) groups excluding carboxylic acids is 1. The molecule has 4 saturated carbocycles. The summed E-state index contributed by atoms with van der Waals surface area (Å²) >= 11 is 0. The third kappa shape index (κ3) is 2.77. The Balaban J connectivity index is 1.41. The second kappa shape index (κ2) is 6.69. The monoisotopic (exact) mass is 490 g/mol. The van der Waals surface area contributed by atoms with Gasteiger partial charge in [0.1, 0.15) is 5.82 Å². The van der Waals surface area contributed by atoms with E-state index in [9.17, 15) is 13.2 Å². The predicted octanol–water partition coefficient (Wildman–Crippen LogP) is 2.95. The molecule has 2 unspecified atom stereocenters. The Kier molecular flexibility index (Phi) is 4.02. The van der Waals surface area contributed by atoms with Crippen molar-refractivity contribution in [3.8, 4) is 0 Å². The maximum Gasteiger partial charge on any atom is 0.269 e. The first kappa shape index (κ1) is 21.0. The number of hydrogen-bond acceptors (Lipinski definition) is 6. The number of amides is 1. The number of aryl methyl sites for hydroxylation is 1. The van der Waals surface area contributed by atoms with Gasteiger partial charge < -0.3 is 5.73 Å². The summed E-state index contributed by atoms with van der Waals surface area (Å²) < 4.78 is 30.1. The van der Waals surface area contributed by atoms with Crippen LogP contribution in [0.1, 0.15) is 49.9 Å².